The van der Waals surface area contributed by atoms with E-state index >= 15 is 0 Å². The molecule has 0 aliphatic carbocycles. The SMILES string of the molecule is c1cc(CNCCOC2CCOCC2)co1. The molecular weight excluding hydrogens is 206 g/mol. The second-order valence-electron chi connectivity index (χ2n) is 3.99. The zero-order chi connectivity index (χ0) is 11.1. The second-order valence-corrected chi connectivity index (χ2v) is 3.99. The van der Waals surface area contributed by atoms with Crippen molar-refractivity contribution in [1.29, 1.82) is 0 Å². The maximum atomic E-state index is 5.74. The van der Waals surface area contributed by atoms with Gasteiger partial charge in [0.1, 0.15) is 0 Å². The third-order valence-corrected chi connectivity index (χ3v) is 2.71. The van der Waals surface area contributed by atoms with Crippen molar-refractivity contribution in [2.24, 2.45) is 0 Å². The number of nitrogens with one attached hydrogen (secondary N) is 1. The summed E-state index contributed by atoms with van der Waals surface area (Å²) < 4.78 is 16.0. The van der Waals surface area contributed by atoms with Gasteiger partial charge in [-0.1, -0.05) is 0 Å². The van der Waals surface area contributed by atoms with Crippen LogP contribution >= 0.6 is 0 Å². The zero-order valence-corrected chi connectivity index (χ0v) is 9.48. The largest absolute Gasteiger partial charge is 0.472 e. The Balaban J connectivity index is 1.48. The normalized spacial score (nSPS) is 17.8. The van der Waals surface area contributed by atoms with E-state index in [0.29, 0.717) is 6.10 Å². The van der Waals surface area contributed by atoms with E-state index in [1.54, 1.807) is 12.5 Å². The molecule has 16 heavy (non-hydrogen) atoms. The fourth-order valence-corrected chi connectivity index (χ4v) is 1.77. The highest BCUT2D eigenvalue weighted by Crippen LogP contribution is 2.09. The molecule has 0 amide bonds. The zero-order valence-electron chi connectivity index (χ0n) is 9.48. The Bertz CT molecular complexity index is 268. The second kappa shape index (κ2) is 6.68. The van der Waals surface area contributed by atoms with Gasteiger partial charge in [-0.25, -0.2) is 0 Å². The molecule has 1 aliphatic heterocycles. The van der Waals surface area contributed by atoms with Gasteiger partial charge in [0.05, 0.1) is 25.2 Å². The smallest absolute Gasteiger partial charge is 0.0947 e. The molecule has 0 bridgehead atoms. The summed E-state index contributed by atoms with van der Waals surface area (Å²) in [5.74, 6) is 0. The van der Waals surface area contributed by atoms with Crippen LogP contribution in [0.4, 0.5) is 0 Å². The van der Waals surface area contributed by atoms with Crippen LogP contribution in [0.3, 0.4) is 0 Å². The minimum absolute atomic E-state index is 0.393. The van der Waals surface area contributed by atoms with Gasteiger partial charge in [0.2, 0.25) is 0 Å². The summed E-state index contributed by atoms with van der Waals surface area (Å²) in [7, 11) is 0. The summed E-state index contributed by atoms with van der Waals surface area (Å²) in [6.45, 7) is 4.17. The van der Waals surface area contributed by atoms with E-state index in [9.17, 15) is 0 Å². The van der Waals surface area contributed by atoms with Crippen LogP contribution in [0.2, 0.25) is 0 Å². The molecule has 0 aromatic carbocycles. The monoisotopic (exact) mass is 225 g/mol. The van der Waals surface area contributed by atoms with Gasteiger partial charge in [-0.2, -0.15) is 0 Å². The molecule has 0 atom stereocenters. The first kappa shape index (κ1) is 11.6. The highest BCUT2D eigenvalue weighted by atomic mass is 16.5. The molecular formula is C12H19NO3. The Labute approximate surface area is 95.9 Å². The molecule has 1 saturated heterocycles. The van der Waals surface area contributed by atoms with Crippen LogP contribution in [-0.4, -0.2) is 32.5 Å². The molecule has 1 N–H and O–H groups in total. The van der Waals surface area contributed by atoms with Crippen LogP contribution < -0.4 is 5.32 Å². The summed E-state index contributed by atoms with van der Waals surface area (Å²) in [5, 5.41) is 3.31. The molecule has 1 fully saturated rings. The summed E-state index contributed by atoms with van der Waals surface area (Å²) in [6, 6.07) is 1.96. The minimum Gasteiger partial charge on any atom is -0.472 e. The van der Waals surface area contributed by atoms with Gasteiger partial charge in [0, 0.05) is 31.9 Å². The summed E-state index contributed by atoms with van der Waals surface area (Å²) in [4.78, 5) is 0. The Hall–Kier alpha value is -0.840. The Morgan fingerprint density at radius 2 is 2.25 bits per heavy atom. The molecule has 2 rings (SSSR count). The van der Waals surface area contributed by atoms with E-state index in [1.807, 2.05) is 6.07 Å². The minimum atomic E-state index is 0.393. The van der Waals surface area contributed by atoms with Crippen molar-refractivity contribution >= 4 is 0 Å². The van der Waals surface area contributed by atoms with Crippen LogP contribution in [0.1, 0.15) is 18.4 Å². The highest BCUT2D eigenvalue weighted by Gasteiger charge is 2.13. The van der Waals surface area contributed by atoms with Gasteiger partial charge >= 0.3 is 0 Å². The van der Waals surface area contributed by atoms with Gasteiger partial charge in [-0.15, -0.1) is 0 Å². The first-order valence-electron chi connectivity index (χ1n) is 5.86. The third-order valence-electron chi connectivity index (χ3n) is 2.71. The van der Waals surface area contributed by atoms with Crippen LogP contribution in [0.25, 0.3) is 0 Å². The van der Waals surface area contributed by atoms with Gasteiger partial charge in [-0.05, 0) is 18.9 Å². The van der Waals surface area contributed by atoms with E-state index in [0.717, 1.165) is 45.8 Å². The third kappa shape index (κ3) is 3.96. The van der Waals surface area contributed by atoms with E-state index < -0.39 is 0 Å². The van der Waals surface area contributed by atoms with Crippen molar-refractivity contribution in [3.63, 3.8) is 0 Å². The number of hydrogen-bond donors (Lipinski definition) is 1. The number of furan rings is 1. The lowest BCUT2D eigenvalue weighted by atomic mass is 10.2. The maximum absolute atomic E-state index is 5.74. The topological polar surface area (TPSA) is 43.6 Å². The van der Waals surface area contributed by atoms with E-state index in [1.165, 1.54) is 5.56 Å². The standard InChI is InChI=1S/C12H19NO3/c1-5-15-10-11(1)9-13-4-8-16-12-2-6-14-7-3-12/h1,5,10,12-13H,2-4,6-9H2. The van der Waals surface area contributed by atoms with E-state index in [2.05, 4.69) is 5.32 Å². The molecule has 0 radical (unpaired) electrons. The fourth-order valence-electron chi connectivity index (χ4n) is 1.77. The van der Waals surface area contributed by atoms with Crippen molar-refractivity contribution in [2.45, 2.75) is 25.5 Å². The number of rotatable bonds is 6. The number of hydrogen-bond acceptors (Lipinski definition) is 4. The summed E-state index contributed by atoms with van der Waals surface area (Å²) in [6.07, 6.45) is 5.90. The Kier molecular flexibility index (Phi) is 4.86. The van der Waals surface area contributed by atoms with E-state index in [-0.39, 0.29) is 0 Å². The van der Waals surface area contributed by atoms with Crippen molar-refractivity contribution in [3.05, 3.63) is 24.2 Å². The molecule has 1 aromatic heterocycles. The first-order chi connectivity index (χ1) is 7.95. The molecule has 0 saturated carbocycles. The van der Waals surface area contributed by atoms with Gasteiger partial charge in [-0.3, -0.25) is 0 Å². The lowest BCUT2D eigenvalue weighted by Gasteiger charge is -2.22. The van der Waals surface area contributed by atoms with Crippen LogP contribution in [-0.2, 0) is 16.0 Å². The van der Waals surface area contributed by atoms with Crippen LogP contribution in [0.5, 0.6) is 0 Å². The highest BCUT2D eigenvalue weighted by molar-refractivity contribution is 5.04. The lowest BCUT2D eigenvalue weighted by Crippen LogP contribution is -2.27. The molecule has 90 valence electrons. The predicted octanol–water partition coefficient (Wildman–Crippen LogP) is 1.56. The Morgan fingerprint density at radius 3 is 3.00 bits per heavy atom. The van der Waals surface area contributed by atoms with Gasteiger partial charge in [0.15, 0.2) is 0 Å². The van der Waals surface area contributed by atoms with Gasteiger partial charge < -0.3 is 19.2 Å². The van der Waals surface area contributed by atoms with Crippen molar-refractivity contribution in [2.75, 3.05) is 26.4 Å². The molecule has 1 aliphatic rings. The first-order valence-corrected chi connectivity index (χ1v) is 5.86. The molecule has 0 spiro atoms. The molecule has 1 aromatic rings. The van der Waals surface area contributed by atoms with E-state index in [4.69, 9.17) is 13.9 Å². The van der Waals surface area contributed by atoms with Crippen LogP contribution in [0.15, 0.2) is 23.0 Å². The molecule has 0 unspecified atom stereocenters. The average Bonchev–Trinajstić information content (AvgIpc) is 2.83. The van der Waals surface area contributed by atoms with Crippen LogP contribution in [0, 0.1) is 0 Å². The van der Waals surface area contributed by atoms with Gasteiger partial charge in [0.25, 0.3) is 0 Å². The van der Waals surface area contributed by atoms with Crippen molar-refractivity contribution in [1.82, 2.24) is 5.32 Å². The van der Waals surface area contributed by atoms with Crippen molar-refractivity contribution < 1.29 is 13.9 Å². The molecule has 4 heteroatoms. The number of ether oxygens (including phenoxy) is 2. The summed E-state index contributed by atoms with van der Waals surface area (Å²) >= 11 is 0. The average molecular weight is 225 g/mol. The maximum Gasteiger partial charge on any atom is 0.0947 e. The quantitative estimate of drug-likeness (QED) is 0.746. The predicted molar refractivity (Wildman–Crippen MR) is 60.2 cm³/mol. The molecule has 4 nitrogen and oxygen atoms in total. The summed E-state index contributed by atoms with van der Waals surface area (Å²) in [5.41, 5.74) is 1.17. The molecule has 2 heterocycles. The Morgan fingerprint density at radius 1 is 1.38 bits per heavy atom. The fraction of sp³-hybridized carbons (Fsp3) is 0.667. The lowest BCUT2D eigenvalue weighted by molar-refractivity contribution is -0.0305. The van der Waals surface area contributed by atoms with Crippen molar-refractivity contribution in [3.8, 4) is 0 Å².